The normalized spacial score (nSPS) is 26.8. The second-order valence-electron chi connectivity index (χ2n) is 6.89. The number of aromatic nitrogens is 1. The highest BCUT2D eigenvalue weighted by Gasteiger charge is 2.46. The van der Waals surface area contributed by atoms with Crippen molar-refractivity contribution in [3.05, 3.63) is 41.7 Å². The van der Waals surface area contributed by atoms with Gasteiger partial charge in [0, 0.05) is 38.7 Å². The number of methoxy groups -OCH3 is 1. The molecule has 0 bridgehead atoms. The van der Waals surface area contributed by atoms with Crippen LogP contribution < -0.4 is 0 Å². The molecule has 4 heterocycles. The van der Waals surface area contributed by atoms with E-state index in [4.69, 9.17) is 13.7 Å². The molecule has 134 valence electrons. The van der Waals surface area contributed by atoms with E-state index in [1.54, 1.807) is 26.4 Å². The van der Waals surface area contributed by atoms with Crippen LogP contribution in [-0.4, -0.2) is 59.8 Å². The number of amides is 1. The van der Waals surface area contributed by atoms with Crippen LogP contribution in [0.5, 0.6) is 0 Å². The Labute approximate surface area is 146 Å². The standard InChI is InChI=1S/C18H23N3O4/c1-12-8-15(19-25-12)18(22)21-6-5-17(23-2)14-10-20(11-16(14)21)9-13-4-3-7-24-13/h3-4,7-8,14,16-17H,5-6,9-11H2,1-2H3/t14-,16+,17-/m0/s1. The molecule has 0 saturated carbocycles. The fraction of sp³-hybridized carbons (Fsp3) is 0.556. The molecule has 2 aromatic heterocycles. The molecule has 4 rings (SSSR count). The molecule has 2 aliphatic rings. The topological polar surface area (TPSA) is 72.0 Å². The number of hydrogen-bond acceptors (Lipinski definition) is 6. The van der Waals surface area contributed by atoms with E-state index in [1.807, 2.05) is 17.0 Å². The second kappa shape index (κ2) is 6.65. The smallest absolute Gasteiger partial charge is 0.276 e. The first kappa shape index (κ1) is 16.4. The van der Waals surface area contributed by atoms with Gasteiger partial charge >= 0.3 is 0 Å². The number of piperidine rings is 1. The molecule has 3 atom stereocenters. The maximum absolute atomic E-state index is 12.9. The van der Waals surface area contributed by atoms with E-state index < -0.39 is 0 Å². The number of likely N-dealkylation sites (tertiary alicyclic amines) is 2. The Morgan fingerprint density at radius 1 is 1.44 bits per heavy atom. The van der Waals surface area contributed by atoms with Crippen LogP contribution in [0.1, 0.15) is 28.4 Å². The SMILES string of the molecule is CO[C@H]1CCN(C(=O)c2cc(C)on2)[C@@H]2CN(Cc3ccco3)C[C@H]12. The Hall–Kier alpha value is -2.12. The Kier molecular flexibility index (Phi) is 4.35. The summed E-state index contributed by atoms with van der Waals surface area (Å²) in [5, 5.41) is 3.90. The van der Waals surface area contributed by atoms with Gasteiger partial charge in [-0.2, -0.15) is 0 Å². The molecule has 2 saturated heterocycles. The minimum Gasteiger partial charge on any atom is -0.468 e. The van der Waals surface area contributed by atoms with Crippen molar-refractivity contribution in [2.24, 2.45) is 5.92 Å². The molecule has 2 aliphatic heterocycles. The first-order valence-electron chi connectivity index (χ1n) is 8.67. The van der Waals surface area contributed by atoms with Crippen molar-refractivity contribution in [2.75, 3.05) is 26.7 Å². The minimum absolute atomic E-state index is 0.0544. The summed E-state index contributed by atoms with van der Waals surface area (Å²) in [5.41, 5.74) is 0.386. The fourth-order valence-corrected chi connectivity index (χ4v) is 4.15. The summed E-state index contributed by atoms with van der Waals surface area (Å²) in [7, 11) is 1.76. The molecule has 0 radical (unpaired) electrons. The lowest BCUT2D eigenvalue weighted by Gasteiger charge is -2.40. The maximum Gasteiger partial charge on any atom is 0.276 e. The summed E-state index contributed by atoms with van der Waals surface area (Å²) >= 11 is 0. The van der Waals surface area contributed by atoms with Crippen LogP contribution in [0.15, 0.2) is 33.4 Å². The van der Waals surface area contributed by atoms with Crippen molar-refractivity contribution >= 4 is 5.91 Å². The summed E-state index contributed by atoms with van der Waals surface area (Å²) in [6.07, 6.45) is 2.71. The van der Waals surface area contributed by atoms with Gasteiger partial charge in [0.05, 0.1) is 25.0 Å². The van der Waals surface area contributed by atoms with Gasteiger partial charge in [-0.15, -0.1) is 0 Å². The molecule has 0 spiro atoms. The summed E-state index contributed by atoms with van der Waals surface area (Å²) in [6, 6.07) is 5.71. The van der Waals surface area contributed by atoms with Crippen molar-refractivity contribution in [1.82, 2.24) is 15.0 Å². The van der Waals surface area contributed by atoms with E-state index in [9.17, 15) is 4.79 Å². The molecule has 7 heteroatoms. The Morgan fingerprint density at radius 2 is 2.32 bits per heavy atom. The predicted octanol–water partition coefficient (Wildman–Crippen LogP) is 1.94. The van der Waals surface area contributed by atoms with Gasteiger partial charge in [0.25, 0.3) is 5.91 Å². The lowest BCUT2D eigenvalue weighted by atomic mass is 9.89. The van der Waals surface area contributed by atoms with Gasteiger partial charge in [0.2, 0.25) is 0 Å². The third-order valence-electron chi connectivity index (χ3n) is 5.31. The molecule has 0 aliphatic carbocycles. The molecule has 1 amide bonds. The van der Waals surface area contributed by atoms with E-state index in [0.29, 0.717) is 23.9 Å². The van der Waals surface area contributed by atoms with E-state index in [0.717, 1.165) is 31.8 Å². The number of carbonyl (C=O) groups excluding carboxylic acids is 1. The van der Waals surface area contributed by atoms with Crippen molar-refractivity contribution < 1.29 is 18.5 Å². The number of hydrogen-bond donors (Lipinski definition) is 0. The number of nitrogens with zero attached hydrogens (tertiary/aromatic N) is 3. The van der Waals surface area contributed by atoms with Crippen LogP contribution >= 0.6 is 0 Å². The number of aryl methyl sites for hydroxylation is 1. The van der Waals surface area contributed by atoms with E-state index in [1.165, 1.54) is 0 Å². The first-order valence-corrected chi connectivity index (χ1v) is 8.67. The quantitative estimate of drug-likeness (QED) is 0.843. The van der Waals surface area contributed by atoms with E-state index in [2.05, 4.69) is 10.1 Å². The summed E-state index contributed by atoms with van der Waals surface area (Å²) in [4.78, 5) is 17.2. The third kappa shape index (κ3) is 3.09. The summed E-state index contributed by atoms with van der Waals surface area (Å²) in [6.45, 7) is 4.93. The number of furan rings is 1. The molecule has 2 aromatic rings. The van der Waals surface area contributed by atoms with Crippen LogP contribution in [0.4, 0.5) is 0 Å². The highest BCUT2D eigenvalue weighted by molar-refractivity contribution is 5.92. The number of carbonyl (C=O) groups is 1. The van der Waals surface area contributed by atoms with Crippen LogP contribution in [0.25, 0.3) is 0 Å². The number of ether oxygens (including phenoxy) is 1. The second-order valence-corrected chi connectivity index (χ2v) is 6.89. The zero-order chi connectivity index (χ0) is 17.4. The van der Waals surface area contributed by atoms with Gasteiger partial charge in [-0.25, -0.2) is 0 Å². The van der Waals surface area contributed by atoms with Gasteiger partial charge in [-0.1, -0.05) is 5.16 Å². The van der Waals surface area contributed by atoms with E-state index in [-0.39, 0.29) is 18.1 Å². The molecule has 0 N–H and O–H groups in total. The van der Waals surface area contributed by atoms with Gasteiger partial charge in [-0.3, -0.25) is 9.69 Å². The van der Waals surface area contributed by atoms with Gasteiger partial charge in [-0.05, 0) is 25.5 Å². The minimum atomic E-state index is -0.0544. The van der Waals surface area contributed by atoms with Crippen molar-refractivity contribution in [2.45, 2.75) is 32.0 Å². The average Bonchev–Trinajstić information content (AvgIpc) is 3.34. The highest BCUT2D eigenvalue weighted by Crippen LogP contribution is 2.34. The molecule has 2 fully saturated rings. The molecular formula is C18H23N3O4. The Morgan fingerprint density at radius 3 is 3.00 bits per heavy atom. The largest absolute Gasteiger partial charge is 0.468 e. The van der Waals surface area contributed by atoms with Crippen LogP contribution in [0.2, 0.25) is 0 Å². The number of rotatable bonds is 4. The summed E-state index contributed by atoms with van der Waals surface area (Å²) in [5.74, 6) is 1.84. The predicted molar refractivity (Wildman–Crippen MR) is 89.0 cm³/mol. The molecule has 0 unspecified atom stereocenters. The monoisotopic (exact) mass is 345 g/mol. The van der Waals surface area contributed by atoms with Gasteiger partial charge in [0.1, 0.15) is 11.5 Å². The molecular weight excluding hydrogens is 322 g/mol. The first-order chi connectivity index (χ1) is 12.2. The van der Waals surface area contributed by atoms with Crippen molar-refractivity contribution in [3.63, 3.8) is 0 Å². The van der Waals surface area contributed by atoms with E-state index >= 15 is 0 Å². The third-order valence-corrected chi connectivity index (χ3v) is 5.31. The van der Waals surface area contributed by atoms with Crippen LogP contribution in [-0.2, 0) is 11.3 Å². The molecule has 0 aromatic carbocycles. The zero-order valence-corrected chi connectivity index (χ0v) is 14.6. The Bertz CT molecular complexity index is 727. The maximum atomic E-state index is 12.9. The van der Waals surface area contributed by atoms with Crippen LogP contribution in [0, 0.1) is 12.8 Å². The Balaban J connectivity index is 1.53. The molecule has 7 nitrogen and oxygen atoms in total. The zero-order valence-electron chi connectivity index (χ0n) is 14.6. The van der Waals surface area contributed by atoms with Crippen molar-refractivity contribution in [3.8, 4) is 0 Å². The van der Waals surface area contributed by atoms with Gasteiger partial charge < -0.3 is 18.6 Å². The van der Waals surface area contributed by atoms with Crippen molar-refractivity contribution in [1.29, 1.82) is 0 Å². The average molecular weight is 345 g/mol. The molecule has 25 heavy (non-hydrogen) atoms. The summed E-state index contributed by atoms with van der Waals surface area (Å²) < 4.78 is 16.3. The highest BCUT2D eigenvalue weighted by atomic mass is 16.5. The lowest BCUT2D eigenvalue weighted by molar-refractivity contribution is -0.0160. The van der Waals surface area contributed by atoms with Gasteiger partial charge in [0.15, 0.2) is 5.69 Å². The van der Waals surface area contributed by atoms with Crippen LogP contribution in [0.3, 0.4) is 0 Å². The lowest BCUT2D eigenvalue weighted by Crippen LogP contribution is -2.53. The fourth-order valence-electron chi connectivity index (χ4n) is 4.15. The number of fused-ring (bicyclic) bond motifs is 1.